The fourth-order valence-corrected chi connectivity index (χ4v) is 1.38. The van der Waals surface area contributed by atoms with E-state index in [2.05, 4.69) is 25.9 Å². The van der Waals surface area contributed by atoms with Gasteiger partial charge in [-0.25, -0.2) is 0 Å². The van der Waals surface area contributed by atoms with Crippen LogP contribution in [0.3, 0.4) is 0 Å². The van der Waals surface area contributed by atoms with Gasteiger partial charge in [-0.15, -0.1) is 0 Å². The molecule has 0 heterocycles. The first-order chi connectivity index (χ1) is 5.95. The second-order valence-corrected chi connectivity index (χ2v) is 4.50. The predicted molar refractivity (Wildman–Crippen MR) is 53.7 cm³/mol. The van der Waals surface area contributed by atoms with Gasteiger partial charge in [-0.05, 0) is 17.4 Å². The van der Waals surface area contributed by atoms with Gasteiger partial charge in [-0.1, -0.05) is 32.0 Å². The lowest BCUT2D eigenvalue weighted by Gasteiger charge is -2.30. The second kappa shape index (κ2) is 3.32. The molecule has 0 radical (unpaired) electrons. The van der Waals surface area contributed by atoms with Gasteiger partial charge >= 0.3 is 0 Å². The number of oxime groups is 1. The van der Waals surface area contributed by atoms with Crippen molar-refractivity contribution in [2.24, 2.45) is 16.5 Å². The van der Waals surface area contributed by atoms with Gasteiger partial charge in [0.1, 0.15) is 5.71 Å². The van der Waals surface area contributed by atoms with Crippen LogP contribution in [0.2, 0.25) is 0 Å². The Morgan fingerprint density at radius 1 is 1.54 bits per heavy atom. The van der Waals surface area contributed by atoms with E-state index in [0.717, 1.165) is 0 Å². The summed E-state index contributed by atoms with van der Waals surface area (Å²) in [4.78, 5) is 0. The Labute approximate surface area is 78.7 Å². The minimum absolute atomic E-state index is 0.160. The van der Waals surface area contributed by atoms with Crippen LogP contribution in [0.5, 0.6) is 0 Å². The average molecular weight is 180 g/mol. The highest BCUT2D eigenvalue weighted by atomic mass is 16.4. The van der Waals surface area contributed by atoms with Gasteiger partial charge in [-0.3, -0.25) is 5.41 Å². The standard InChI is InChI=1S/C10H16N2O/c1-10(2,3)7-4-5-8(11)9(6-7)12-13/h4-5,7,11,13H,6H2,1-3H3/b11-8?,12-9-. The van der Waals surface area contributed by atoms with Crippen LogP contribution in [-0.2, 0) is 0 Å². The third kappa shape index (κ3) is 2.17. The summed E-state index contributed by atoms with van der Waals surface area (Å²) in [5.74, 6) is 0.354. The summed E-state index contributed by atoms with van der Waals surface area (Å²) < 4.78 is 0. The van der Waals surface area contributed by atoms with Gasteiger partial charge in [0.25, 0.3) is 0 Å². The van der Waals surface area contributed by atoms with Gasteiger partial charge in [-0.2, -0.15) is 0 Å². The molecule has 1 atom stereocenters. The molecule has 0 fully saturated rings. The third-order valence-electron chi connectivity index (χ3n) is 2.45. The minimum Gasteiger partial charge on any atom is -0.411 e. The van der Waals surface area contributed by atoms with Crippen molar-refractivity contribution in [3.05, 3.63) is 12.2 Å². The van der Waals surface area contributed by atoms with Gasteiger partial charge in [0, 0.05) is 6.42 Å². The van der Waals surface area contributed by atoms with Crippen LogP contribution in [0.15, 0.2) is 17.3 Å². The molecule has 0 aliphatic heterocycles. The number of hydrogen-bond donors (Lipinski definition) is 2. The monoisotopic (exact) mass is 180 g/mol. The lowest BCUT2D eigenvalue weighted by molar-refractivity contribution is 0.289. The summed E-state index contributed by atoms with van der Waals surface area (Å²) in [5, 5.41) is 19.3. The summed E-state index contributed by atoms with van der Waals surface area (Å²) in [5.41, 5.74) is 0.970. The van der Waals surface area contributed by atoms with Crippen molar-refractivity contribution in [2.75, 3.05) is 0 Å². The Morgan fingerprint density at radius 3 is 2.62 bits per heavy atom. The SMILES string of the molecule is CC(C)(C)C1C=CC(=N)/C(=N\O)C1. The van der Waals surface area contributed by atoms with E-state index >= 15 is 0 Å². The molecule has 1 aliphatic carbocycles. The number of allylic oxidation sites excluding steroid dienone is 2. The lowest BCUT2D eigenvalue weighted by atomic mass is 9.75. The molecule has 1 aliphatic rings. The summed E-state index contributed by atoms with van der Waals surface area (Å²) in [6, 6.07) is 0. The number of hydrogen-bond acceptors (Lipinski definition) is 3. The Balaban J connectivity index is 2.87. The molecule has 3 heteroatoms. The molecule has 0 aromatic rings. The average Bonchev–Trinajstić information content (AvgIpc) is 2.03. The molecular weight excluding hydrogens is 164 g/mol. The van der Waals surface area contributed by atoms with Crippen molar-refractivity contribution in [1.82, 2.24) is 0 Å². The molecule has 0 aromatic heterocycles. The zero-order valence-electron chi connectivity index (χ0n) is 8.33. The third-order valence-corrected chi connectivity index (χ3v) is 2.45. The van der Waals surface area contributed by atoms with Crippen LogP contribution in [-0.4, -0.2) is 16.6 Å². The van der Waals surface area contributed by atoms with Crippen molar-refractivity contribution in [2.45, 2.75) is 27.2 Å². The second-order valence-electron chi connectivity index (χ2n) is 4.50. The molecule has 1 unspecified atom stereocenters. The maximum absolute atomic E-state index is 8.66. The van der Waals surface area contributed by atoms with Crippen molar-refractivity contribution in [1.29, 1.82) is 5.41 Å². The molecule has 0 saturated carbocycles. The molecule has 3 nitrogen and oxygen atoms in total. The lowest BCUT2D eigenvalue weighted by Crippen LogP contribution is -2.28. The van der Waals surface area contributed by atoms with Crippen molar-refractivity contribution in [3.8, 4) is 0 Å². The van der Waals surface area contributed by atoms with Crippen LogP contribution in [0.25, 0.3) is 0 Å². The van der Waals surface area contributed by atoms with Crippen molar-refractivity contribution in [3.63, 3.8) is 0 Å². The maximum Gasteiger partial charge on any atom is 0.105 e. The zero-order chi connectivity index (χ0) is 10.1. The largest absolute Gasteiger partial charge is 0.411 e. The first-order valence-electron chi connectivity index (χ1n) is 4.43. The Kier molecular flexibility index (Phi) is 2.55. The van der Waals surface area contributed by atoms with Crippen LogP contribution in [0.4, 0.5) is 0 Å². The van der Waals surface area contributed by atoms with Crippen LogP contribution in [0, 0.1) is 16.7 Å². The summed E-state index contributed by atoms with van der Waals surface area (Å²) >= 11 is 0. The van der Waals surface area contributed by atoms with Gasteiger partial charge < -0.3 is 5.21 Å². The maximum atomic E-state index is 8.66. The number of rotatable bonds is 0. The van der Waals surface area contributed by atoms with Crippen molar-refractivity contribution >= 4 is 11.4 Å². The number of nitrogens with zero attached hydrogens (tertiary/aromatic N) is 1. The molecule has 0 spiro atoms. The van der Waals surface area contributed by atoms with E-state index in [9.17, 15) is 0 Å². The fourth-order valence-electron chi connectivity index (χ4n) is 1.38. The summed E-state index contributed by atoms with van der Waals surface area (Å²) in [6.45, 7) is 6.43. The number of nitrogens with one attached hydrogen (secondary N) is 1. The fraction of sp³-hybridized carbons (Fsp3) is 0.600. The molecular formula is C10H16N2O. The zero-order valence-corrected chi connectivity index (χ0v) is 8.33. The molecule has 2 N–H and O–H groups in total. The van der Waals surface area contributed by atoms with E-state index in [-0.39, 0.29) is 5.41 Å². The molecule has 0 aromatic carbocycles. The highest BCUT2D eigenvalue weighted by molar-refractivity contribution is 6.45. The highest BCUT2D eigenvalue weighted by Crippen LogP contribution is 2.32. The topological polar surface area (TPSA) is 56.4 Å². The summed E-state index contributed by atoms with van der Waals surface area (Å²) in [6.07, 6.45) is 4.40. The van der Waals surface area contributed by atoms with Crippen LogP contribution < -0.4 is 0 Å². The first-order valence-corrected chi connectivity index (χ1v) is 4.43. The Morgan fingerprint density at radius 2 is 2.15 bits per heavy atom. The molecule has 0 bridgehead atoms. The van der Waals surface area contributed by atoms with Crippen LogP contribution >= 0.6 is 0 Å². The van der Waals surface area contributed by atoms with Gasteiger partial charge in [0.15, 0.2) is 0 Å². The first kappa shape index (κ1) is 9.96. The quantitative estimate of drug-likeness (QED) is 0.436. The van der Waals surface area contributed by atoms with E-state index in [1.807, 2.05) is 6.08 Å². The highest BCUT2D eigenvalue weighted by Gasteiger charge is 2.27. The molecule has 1 rings (SSSR count). The van der Waals surface area contributed by atoms with E-state index in [1.165, 1.54) is 0 Å². The van der Waals surface area contributed by atoms with E-state index < -0.39 is 0 Å². The molecule has 0 amide bonds. The van der Waals surface area contributed by atoms with Crippen molar-refractivity contribution < 1.29 is 5.21 Å². The molecule has 0 saturated heterocycles. The van der Waals surface area contributed by atoms with E-state index in [4.69, 9.17) is 10.6 Å². The van der Waals surface area contributed by atoms with Gasteiger partial charge in [0.2, 0.25) is 0 Å². The van der Waals surface area contributed by atoms with Crippen LogP contribution in [0.1, 0.15) is 27.2 Å². The smallest absolute Gasteiger partial charge is 0.105 e. The Bertz CT molecular complexity index is 271. The normalized spacial score (nSPS) is 26.8. The summed E-state index contributed by atoms with van der Waals surface area (Å²) in [7, 11) is 0. The molecule has 72 valence electrons. The van der Waals surface area contributed by atoms with Gasteiger partial charge in [0.05, 0.1) is 5.71 Å². The van der Waals surface area contributed by atoms with E-state index in [1.54, 1.807) is 6.08 Å². The predicted octanol–water partition coefficient (Wildman–Crippen LogP) is 2.46. The Hall–Kier alpha value is -1.12. The molecule has 13 heavy (non-hydrogen) atoms. The van der Waals surface area contributed by atoms with E-state index in [0.29, 0.717) is 23.8 Å². The minimum atomic E-state index is 0.160.